The summed E-state index contributed by atoms with van der Waals surface area (Å²) in [5.41, 5.74) is 6.12. The lowest BCUT2D eigenvalue weighted by molar-refractivity contribution is 0.0377. The number of ether oxygens (including phenoxy) is 2. The Balaban J connectivity index is 4.01. The standard InChI is InChI=1S/C14H32N2O2/c1-5-14(6-2,13-15)16(7-3)9-12-18-11-8-10-17-4/h5-13,15H2,1-4H3. The van der Waals surface area contributed by atoms with Crippen LogP contribution in [0.3, 0.4) is 0 Å². The van der Waals surface area contributed by atoms with Crippen molar-refractivity contribution < 1.29 is 9.47 Å². The highest BCUT2D eigenvalue weighted by molar-refractivity contribution is 4.88. The number of nitrogens with two attached hydrogens (primary N) is 1. The van der Waals surface area contributed by atoms with Crippen molar-refractivity contribution in [3.63, 3.8) is 0 Å². The lowest BCUT2D eigenvalue weighted by Crippen LogP contribution is -2.54. The molecule has 0 heterocycles. The molecule has 0 aromatic rings. The molecule has 0 aliphatic heterocycles. The van der Waals surface area contributed by atoms with Gasteiger partial charge in [-0.25, -0.2) is 0 Å². The predicted molar refractivity (Wildman–Crippen MR) is 76.9 cm³/mol. The third-order valence-electron chi connectivity index (χ3n) is 3.89. The van der Waals surface area contributed by atoms with Gasteiger partial charge in [0.05, 0.1) is 6.61 Å². The van der Waals surface area contributed by atoms with Gasteiger partial charge in [-0.05, 0) is 25.8 Å². The highest BCUT2D eigenvalue weighted by Gasteiger charge is 2.30. The van der Waals surface area contributed by atoms with E-state index >= 15 is 0 Å². The summed E-state index contributed by atoms with van der Waals surface area (Å²) in [4.78, 5) is 2.46. The Morgan fingerprint density at radius 1 is 1.06 bits per heavy atom. The van der Waals surface area contributed by atoms with Gasteiger partial charge in [-0.15, -0.1) is 0 Å². The first-order chi connectivity index (χ1) is 8.70. The molecule has 0 unspecified atom stereocenters. The zero-order chi connectivity index (χ0) is 13.9. The second-order valence-corrected chi connectivity index (χ2v) is 4.67. The first kappa shape index (κ1) is 17.8. The number of nitrogens with zero attached hydrogens (tertiary/aromatic N) is 1. The van der Waals surface area contributed by atoms with Gasteiger partial charge in [-0.2, -0.15) is 0 Å². The molecule has 0 aromatic heterocycles. The molecule has 18 heavy (non-hydrogen) atoms. The lowest BCUT2D eigenvalue weighted by atomic mass is 9.90. The minimum atomic E-state index is 0.143. The van der Waals surface area contributed by atoms with Gasteiger partial charge in [0.2, 0.25) is 0 Å². The summed E-state index contributed by atoms with van der Waals surface area (Å²) in [7, 11) is 1.72. The predicted octanol–water partition coefficient (Wildman–Crippen LogP) is 1.88. The van der Waals surface area contributed by atoms with Crippen LogP contribution in [0.15, 0.2) is 0 Å². The van der Waals surface area contributed by atoms with Crippen LogP contribution in [0.2, 0.25) is 0 Å². The van der Waals surface area contributed by atoms with E-state index in [0.29, 0.717) is 0 Å². The summed E-state index contributed by atoms with van der Waals surface area (Å²) in [5.74, 6) is 0. The summed E-state index contributed by atoms with van der Waals surface area (Å²) in [5, 5.41) is 0. The van der Waals surface area contributed by atoms with E-state index < -0.39 is 0 Å². The van der Waals surface area contributed by atoms with Gasteiger partial charge in [0.15, 0.2) is 0 Å². The molecule has 0 amide bonds. The van der Waals surface area contributed by atoms with Crippen molar-refractivity contribution in [1.29, 1.82) is 0 Å². The van der Waals surface area contributed by atoms with E-state index in [4.69, 9.17) is 15.2 Å². The summed E-state index contributed by atoms with van der Waals surface area (Å²) in [6, 6.07) is 0. The van der Waals surface area contributed by atoms with E-state index in [1.165, 1.54) is 0 Å². The molecule has 0 aliphatic rings. The first-order valence-electron chi connectivity index (χ1n) is 7.22. The number of hydrogen-bond donors (Lipinski definition) is 1. The summed E-state index contributed by atoms with van der Waals surface area (Å²) in [6.45, 7) is 11.7. The lowest BCUT2D eigenvalue weighted by Gasteiger charge is -2.42. The number of methoxy groups -OCH3 is 1. The quantitative estimate of drug-likeness (QED) is 0.544. The fourth-order valence-corrected chi connectivity index (χ4v) is 2.43. The topological polar surface area (TPSA) is 47.7 Å². The fraction of sp³-hybridized carbons (Fsp3) is 1.00. The molecule has 0 atom stereocenters. The summed E-state index contributed by atoms with van der Waals surface area (Å²) >= 11 is 0. The maximum absolute atomic E-state index is 5.98. The Hall–Kier alpha value is -0.160. The van der Waals surface area contributed by atoms with Crippen molar-refractivity contribution in [2.24, 2.45) is 5.73 Å². The van der Waals surface area contributed by atoms with Crippen LogP contribution in [0.1, 0.15) is 40.0 Å². The second kappa shape index (κ2) is 10.7. The number of rotatable bonds is 12. The molecule has 0 fully saturated rings. The van der Waals surface area contributed by atoms with Gasteiger partial charge in [-0.1, -0.05) is 20.8 Å². The maximum Gasteiger partial charge on any atom is 0.0593 e. The molecule has 0 aromatic carbocycles. The van der Waals surface area contributed by atoms with Crippen LogP contribution in [0.4, 0.5) is 0 Å². The molecule has 0 rings (SSSR count). The van der Waals surface area contributed by atoms with Crippen LogP contribution < -0.4 is 5.73 Å². The van der Waals surface area contributed by atoms with Gasteiger partial charge in [-0.3, -0.25) is 4.90 Å². The Bertz CT molecular complexity index is 176. The molecule has 110 valence electrons. The molecule has 0 spiro atoms. The number of hydrogen-bond acceptors (Lipinski definition) is 4. The van der Waals surface area contributed by atoms with E-state index in [2.05, 4.69) is 25.7 Å². The van der Waals surface area contributed by atoms with E-state index in [9.17, 15) is 0 Å². The molecule has 2 N–H and O–H groups in total. The summed E-state index contributed by atoms with van der Waals surface area (Å²) in [6.07, 6.45) is 3.15. The Kier molecular flexibility index (Phi) is 10.6. The molecule has 0 bridgehead atoms. The molecule has 4 nitrogen and oxygen atoms in total. The monoisotopic (exact) mass is 260 g/mol. The minimum Gasteiger partial charge on any atom is -0.385 e. The second-order valence-electron chi connectivity index (χ2n) is 4.67. The van der Waals surface area contributed by atoms with Crippen molar-refractivity contribution >= 4 is 0 Å². The van der Waals surface area contributed by atoms with E-state index in [1.54, 1.807) is 7.11 Å². The van der Waals surface area contributed by atoms with Gasteiger partial charge >= 0.3 is 0 Å². The molecular formula is C14H32N2O2. The van der Waals surface area contributed by atoms with Crippen molar-refractivity contribution in [3.8, 4) is 0 Å². The van der Waals surface area contributed by atoms with Crippen LogP contribution in [0.25, 0.3) is 0 Å². The molecule has 0 saturated heterocycles. The maximum atomic E-state index is 5.98. The Morgan fingerprint density at radius 3 is 2.17 bits per heavy atom. The molecule has 0 radical (unpaired) electrons. The molecule has 4 heteroatoms. The van der Waals surface area contributed by atoms with Crippen LogP contribution >= 0.6 is 0 Å². The third-order valence-corrected chi connectivity index (χ3v) is 3.89. The van der Waals surface area contributed by atoms with E-state index in [-0.39, 0.29) is 5.54 Å². The third kappa shape index (κ3) is 5.65. The van der Waals surface area contributed by atoms with Crippen molar-refractivity contribution in [2.45, 2.75) is 45.6 Å². The Labute approximate surface area is 113 Å². The molecule has 0 aliphatic carbocycles. The largest absolute Gasteiger partial charge is 0.385 e. The first-order valence-corrected chi connectivity index (χ1v) is 7.22. The van der Waals surface area contributed by atoms with Crippen LogP contribution in [-0.4, -0.2) is 57.0 Å². The van der Waals surface area contributed by atoms with E-state index in [0.717, 1.165) is 58.7 Å². The minimum absolute atomic E-state index is 0.143. The highest BCUT2D eigenvalue weighted by atomic mass is 16.5. The average Bonchev–Trinajstić information content (AvgIpc) is 2.42. The van der Waals surface area contributed by atoms with Crippen molar-refractivity contribution in [1.82, 2.24) is 4.90 Å². The number of likely N-dealkylation sites (N-methyl/N-ethyl adjacent to an activating group) is 1. The van der Waals surface area contributed by atoms with Gasteiger partial charge in [0.1, 0.15) is 0 Å². The van der Waals surface area contributed by atoms with Crippen molar-refractivity contribution in [3.05, 3.63) is 0 Å². The van der Waals surface area contributed by atoms with Gasteiger partial charge in [0, 0.05) is 39.0 Å². The SMILES string of the molecule is CCN(CCOCCCOC)C(CC)(CC)CN. The zero-order valence-electron chi connectivity index (χ0n) is 12.7. The van der Waals surface area contributed by atoms with Gasteiger partial charge in [0.25, 0.3) is 0 Å². The zero-order valence-corrected chi connectivity index (χ0v) is 12.7. The summed E-state index contributed by atoms with van der Waals surface area (Å²) < 4.78 is 10.6. The van der Waals surface area contributed by atoms with Gasteiger partial charge < -0.3 is 15.2 Å². The smallest absolute Gasteiger partial charge is 0.0593 e. The van der Waals surface area contributed by atoms with Crippen molar-refractivity contribution in [2.75, 3.05) is 46.6 Å². The highest BCUT2D eigenvalue weighted by Crippen LogP contribution is 2.22. The van der Waals surface area contributed by atoms with Crippen LogP contribution in [0.5, 0.6) is 0 Å². The average molecular weight is 260 g/mol. The van der Waals surface area contributed by atoms with Crippen LogP contribution in [-0.2, 0) is 9.47 Å². The van der Waals surface area contributed by atoms with E-state index in [1.807, 2.05) is 0 Å². The normalized spacial score (nSPS) is 12.3. The van der Waals surface area contributed by atoms with Crippen LogP contribution in [0, 0.1) is 0 Å². The fourth-order valence-electron chi connectivity index (χ4n) is 2.43. The molecular weight excluding hydrogens is 228 g/mol. The Morgan fingerprint density at radius 2 is 1.72 bits per heavy atom. The molecule has 0 saturated carbocycles.